The Morgan fingerprint density at radius 1 is 0.473 bits per heavy atom. The lowest BCUT2D eigenvalue weighted by molar-refractivity contribution is -0.870. The average Bonchev–Trinajstić information content (AvgIpc) is 3.36. The molecule has 0 aliphatic rings. The maximum absolute atomic E-state index is 13.0. The Balaban J connectivity index is 4.08. The van der Waals surface area contributed by atoms with Crippen molar-refractivity contribution in [1.82, 2.24) is 5.32 Å². The summed E-state index contributed by atoms with van der Waals surface area (Å²) in [5.41, 5.74) is 0. The average molecular weight is 1060 g/mol. The lowest BCUT2D eigenvalue weighted by atomic mass is 10.0. The molecule has 0 rings (SSSR count). The number of unbranched alkanes of at least 4 members (excludes halogenated alkanes) is 38. The highest BCUT2D eigenvalue weighted by Crippen LogP contribution is 2.43. The van der Waals surface area contributed by atoms with Crippen LogP contribution in [0.2, 0.25) is 0 Å². The number of hydrogen-bond donors (Lipinski definition) is 3. The van der Waals surface area contributed by atoms with Gasteiger partial charge in [-0.1, -0.05) is 300 Å². The molecule has 0 radical (unpaired) electrons. The molecule has 0 saturated heterocycles. The summed E-state index contributed by atoms with van der Waals surface area (Å²) in [4.78, 5) is 23.4. The predicted octanol–water partition coefficient (Wildman–Crippen LogP) is 19.9. The molecule has 0 aliphatic heterocycles. The van der Waals surface area contributed by atoms with Gasteiger partial charge in [0.2, 0.25) is 5.91 Å². The van der Waals surface area contributed by atoms with Crippen molar-refractivity contribution in [3.05, 3.63) is 48.6 Å². The molecular formula is C65H126N2O6P+. The van der Waals surface area contributed by atoms with Crippen LogP contribution in [0.25, 0.3) is 0 Å². The Kier molecular flexibility index (Phi) is 55.0. The van der Waals surface area contributed by atoms with Gasteiger partial charge in [-0.15, -0.1) is 0 Å². The van der Waals surface area contributed by atoms with Crippen LogP contribution < -0.4 is 5.32 Å². The van der Waals surface area contributed by atoms with Crippen LogP contribution in [0.3, 0.4) is 0 Å². The Bertz CT molecular complexity index is 1340. The molecule has 0 aromatic rings. The third-order valence-corrected chi connectivity index (χ3v) is 15.6. The highest BCUT2D eigenvalue weighted by Gasteiger charge is 2.28. The van der Waals surface area contributed by atoms with E-state index in [9.17, 15) is 19.4 Å². The first-order valence-electron chi connectivity index (χ1n) is 32.0. The summed E-state index contributed by atoms with van der Waals surface area (Å²) in [5, 5.41) is 14.1. The summed E-state index contributed by atoms with van der Waals surface area (Å²) in [6.07, 6.45) is 74.8. The normalized spacial score (nSPS) is 14.1. The first-order chi connectivity index (χ1) is 36.0. The molecule has 436 valence electrons. The van der Waals surface area contributed by atoms with Crippen LogP contribution in [0.1, 0.15) is 309 Å². The minimum absolute atomic E-state index is 0.0732. The monoisotopic (exact) mass is 1060 g/mol. The van der Waals surface area contributed by atoms with E-state index in [4.69, 9.17) is 9.05 Å². The first-order valence-corrected chi connectivity index (χ1v) is 33.5. The third kappa shape index (κ3) is 58.1. The Hall–Kier alpha value is -1.54. The fourth-order valence-corrected chi connectivity index (χ4v) is 10.4. The number of allylic oxidation sites excluding steroid dienone is 8. The zero-order valence-corrected chi connectivity index (χ0v) is 50.7. The van der Waals surface area contributed by atoms with Crippen LogP contribution in [0.15, 0.2) is 48.6 Å². The molecule has 8 nitrogen and oxygen atoms in total. The second kappa shape index (κ2) is 56.2. The van der Waals surface area contributed by atoms with Crippen molar-refractivity contribution in [3.63, 3.8) is 0 Å². The van der Waals surface area contributed by atoms with Crippen molar-refractivity contribution >= 4 is 13.7 Å². The number of carbonyl (C=O) groups is 1. The summed E-state index contributed by atoms with van der Waals surface area (Å²) in [6, 6.07) is -0.766. The fourth-order valence-electron chi connectivity index (χ4n) is 9.63. The molecule has 74 heavy (non-hydrogen) atoms. The Labute approximate surface area is 460 Å². The summed E-state index contributed by atoms with van der Waals surface area (Å²) in [5.74, 6) is -0.146. The van der Waals surface area contributed by atoms with Gasteiger partial charge in [-0.2, -0.15) is 0 Å². The van der Waals surface area contributed by atoms with Crippen LogP contribution in [-0.4, -0.2) is 73.4 Å². The van der Waals surface area contributed by atoms with Crippen LogP contribution in [0, 0.1) is 0 Å². The van der Waals surface area contributed by atoms with Gasteiger partial charge in [-0.3, -0.25) is 13.8 Å². The van der Waals surface area contributed by atoms with Gasteiger partial charge in [-0.25, -0.2) is 4.57 Å². The second-order valence-corrected chi connectivity index (χ2v) is 24.6. The number of rotatable bonds is 59. The van der Waals surface area contributed by atoms with Crippen LogP contribution in [0.4, 0.5) is 0 Å². The smallest absolute Gasteiger partial charge is 0.391 e. The van der Waals surface area contributed by atoms with Gasteiger partial charge in [-0.05, 0) is 51.4 Å². The van der Waals surface area contributed by atoms with Gasteiger partial charge >= 0.3 is 7.82 Å². The first kappa shape index (κ1) is 72.5. The Morgan fingerprint density at radius 3 is 1.19 bits per heavy atom. The molecule has 0 aromatic carbocycles. The molecule has 0 bridgehead atoms. The van der Waals surface area contributed by atoms with E-state index in [1.165, 1.54) is 218 Å². The zero-order valence-electron chi connectivity index (χ0n) is 49.8. The molecule has 3 unspecified atom stereocenters. The quantitative estimate of drug-likeness (QED) is 0.0243. The third-order valence-electron chi connectivity index (χ3n) is 14.6. The molecule has 0 aliphatic carbocycles. The maximum Gasteiger partial charge on any atom is 0.472 e. The van der Waals surface area contributed by atoms with Crippen molar-refractivity contribution in [2.24, 2.45) is 0 Å². The van der Waals surface area contributed by atoms with E-state index in [1.54, 1.807) is 0 Å². The minimum atomic E-state index is -4.33. The molecule has 0 aromatic heterocycles. The number of phosphoric ester groups is 1. The Morgan fingerprint density at radius 2 is 0.811 bits per heavy atom. The molecule has 3 N–H and O–H groups in total. The van der Waals surface area contributed by atoms with Crippen molar-refractivity contribution in [2.45, 2.75) is 321 Å². The molecule has 0 heterocycles. The van der Waals surface area contributed by atoms with E-state index in [-0.39, 0.29) is 19.1 Å². The van der Waals surface area contributed by atoms with Gasteiger partial charge in [0.1, 0.15) is 13.2 Å². The van der Waals surface area contributed by atoms with Crippen molar-refractivity contribution in [3.8, 4) is 0 Å². The fraction of sp³-hybridized carbons (Fsp3) is 0.862. The number of nitrogens with one attached hydrogen (secondary N) is 1. The van der Waals surface area contributed by atoms with E-state index >= 15 is 0 Å². The number of nitrogens with zero attached hydrogens (tertiary/aromatic N) is 1. The number of likely N-dealkylation sites (N-methyl/N-ethyl adjacent to an activating group) is 1. The van der Waals surface area contributed by atoms with Crippen molar-refractivity contribution < 1.29 is 32.9 Å². The largest absolute Gasteiger partial charge is 0.472 e. The maximum atomic E-state index is 13.0. The van der Waals surface area contributed by atoms with E-state index in [2.05, 4.69) is 67.8 Å². The van der Waals surface area contributed by atoms with Crippen LogP contribution >= 0.6 is 7.82 Å². The van der Waals surface area contributed by atoms with Crippen molar-refractivity contribution in [2.75, 3.05) is 40.9 Å². The number of amides is 1. The predicted molar refractivity (Wildman–Crippen MR) is 323 cm³/mol. The highest BCUT2D eigenvalue weighted by atomic mass is 31.2. The van der Waals surface area contributed by atoms with E-state index in [0.29, 0.717) is 23.9 Å². The highest BCUT2D eigenvalue weighted by molar-refractivity contribution is 7.47. The van der Waals surface area contributed by atoms with E-state index in [0.717, 1.165) is 64.2 Å². The number of hydrogen-bond acceptors (Lipinski definition) is 5. The van der Waals surface area contributed by atoms with E-state index < -0.39 is 20.0 Å². The topological polar surface area (TPSA) is 105 Å². The second-order valence-electron chi connectivity index (χ2n) is 23.1. The van der Waals surface area contributed by atoms with Crippen LogP contribution in [0.5, 0.6) is 0 Å². The number of carbonyl (C=O) groups excluding carboxylic acids is 1. The molecule has 0 spiro atoms. The van der Waals surface area contributed by atoms with Gasteiger partial charge < -0.3 is 19.8 Å². The lowest BCUT2D eigenvalue weighted by Crippen LogP contribution is -2.46. The van der Waals surface area contributed by atoms with Gasteiger partial charge in [0.15, 0.2) is 0 Å². The van der Waals surface area contributed by atoms with Gasteiger partial charge in [0.05, 0.1) is 39.9 Å². The molecule has 1 amide bonds. The van der Waals surface area contributed by atoms with Gasteiger partial charge in [0, 0.05) is 6.42 Å². The van der Waals surface area contributed by atoms with Crippen molar-refractivity contribution in [1.29, 1.82) is 0 Å². The number of phosphoric acid groups is 1. The summed E-state index contributed by atoms with van der Waals surface area (Å²) < 4.78 is 23.8. The molecule has 0 saturated carbocycles. The molecule has 0 fully saturated rings. The standard InChI is InChI=1S/C65H125N2O6P/c1-6-8-10-12-14-16-18-20-22-24-26-28-30-31-32-33-34-35-37-38-40-42-44-46-48-50-52-54-56-58-64(68)63(62-73-74(70,71)72-61-60-67(3,4)5)66-65(69)59-57-55-53-51-49-47-45-43-41-39-36-29-27-25-23-21-19-17-15-13-11-9-7-2/h9,11,15,17,21,23,27,29,63-64,68H,6-8,10,12-14,16,18-20,22,24-26,28,30-62H2,1-5H3,(H-,66,69,70,71)/p+1/b11-9-,17-15-,23-21-,29-27-. The molecule has 9 heteroatoms. The molecular weight excluding hydrogens is 936 g/mol. The van der Waals surface area contributed by atoms with E-state index in [1.807, 2.05) is 21.1 Å². The number of aliphatic hydroxyl groups is 1. The number of quaternary nitrogens is 1. The van der Waals surface area contributed by atoms with Gasteiger partial charge in [0.25, 0.3) is 0 Å². The summed E-state index contributed by atoms with van der Waals surface area (Å²) >= 11 is 0. The van der Waals surface area contributed by atoms with Crippen LogP contribution in [-0.2, 0) is 18.4 Å². The zero-order chi connectivity index (χ0) is 54.2. The summed E-state index contributed by atoms with van der Waals surface area (Å²) in [7, 11) is 1.62. The lowest BCUT2D eigenvalue weighted by Gasteiger charge is -2.26. The number of aliphatic hydroxyl groups excluding tert-OH is 1. The SMILES string of the molecule is CC/C=C\C/C=C\C/C=C\C/C=C\CCCCCCCCCCCCC(=O)NC(COP(=O)(O)OCC[N+](C)(C)C)C(O)CCCCCCCCCCCCCCCCCCCCCCCCCCCCCCC. The summed E-state index contributed by atoms with van der Waals surface area (Å²) in [6.45, 7) is 4.81. The molecule has 3 atom stereocenters. The minimum Gasteiger partial charge on any atom is -0.391 e.